The molecule has 1 aliphatic carbocycles. The van der Waals surface area contributed by atoms with Crippen LogP contribution in [0.2, 0.25) is 0 Å². The Labute approximate surface area is 306 Å². The Kier molecular flexibility index (Phi) is 11.3. The molecule has 5 aromatic carbocycles. The van der Waals surface area contributed by atoms with Crippen LogP contribution in [-0.2, 0) is 19.3 Å². The number of anilines is 2. The number of rotatable bonds is 13. The first kappa shape index (κ1) is 35.6. The second kappa shape index (κ2) is 16.2. The van der Waals surface area contributed by atoms with Crippen molar-refractivity contribution in [3.63, 3.8) is 0 Å². The molecule has 0 amide bonds. The van der Waals surface area contributed by atoms with Crippen LogP contribution in [0.25, 0.3) is 27.8 Å². The van der Waals surface area contributed by atoms with E-state index in [-0.39, 0.29) is 17.5 Å². The van der Waals surface area contributed by atoms with Crippen LogP contribution in [0.3, 0.4) is 0 Å². The molecule has 2 heteroatoms. The zero-order valence-corrected chi connectivity index (χ0v) is 30.7. The van der Waals surface area contributed by atoms with Crippen molar-refractivity contribution in [3.8, 4) is 22.3 Å². The summed E-state index contributed by atoms with van der Waals surface area (Å²) in [5.74, 6) is 0. The van der Waals surface area contributed by atoms with Crippen LogP contribution >= 0.6 is 0 Å². The fraction of sp³-hybridized carbons (Fsp3) is 0.224. The van der Waals surface area contributed by atoms with Gasteiger partial charge in [-0.1, -0.05) is 147 Å². The maximum atomic E-state index is 5.96. The quantitative estimate of drug-likeness (QED) is 0.127. The van der Waals surface area contributed by atoms with Gasteiger partial charge >= 0.3 is 0 Å². The second-order valence-electron chi connectivity index (χ2n) is 14.5. The first-order valence-corrected chi connectivity index (χ1v) is 18.4. The van der Waals surface area contributed by atoms with E-state index in [1.54, 1.807) is 0 Å². The maximum absolute atomic E-state index is 5.96. The minimum Gasteiger partial charge on any atom is -0.335 e. The van der Waals surface area contributed by atoms with E-state index in [2.05, 4.69) is 185 Å². The van der Waals surface area contributed by atoms with Gasteiger partial charge in [0.2, 0.25) is 0 Å². The summed E-state index contributed by atoms with van der Waals surface area (Å²) in [6, 6.07) is 44.9. The van der Waals surface area contributed by atoms with E-state index in [0.717, 1.165) is 37.1 Å². The molecule has 0 spiro atoms. The van der Waals surface area contributed by atoms with Gasteiger partial charge in [-0.2, -0.15) is 0 Å². The number of fused-ring (bicyclic) bond motifs is 1. The lowest BCUT2D eigenvalue weighted by atomic mass is 9.85. The molecule has 0 heterocycles. The van der Waals surface area contributed by atoms with Crippen molar-refractivity contribution in [1.29, 1.82) is 0 Å². The number of aryl methyl sites for hydroxylation is 1. The SMILES string of the molecule is C=C/C=C\C(C)N(c1ccccc1)c1ccc(-c2ccc(C(/C=C\C3(C)Cc4ccc(-c5ccc(CCC(C)N)cc5)cc4C3)=C/C)cc2)cc1. The molecule has 0 aromatic heterocycles. The standard InChI is InChI=1S/C49H52N2/c1-6-8-12-37(4)51(47-13-10-9-11-14-47)48-29-27-42(28-30-48)41-23-21-40(22-24-41)39(7-2)31-32-49(5)34-45-26-25-44(33-46(45)35-49)43-19-17-38(18-20-43)16-15-36(3)50/h6-14,17-33,36-37H,1,15-16,34-35,50H2,2-5H3/b12-8-,32-31-,39-7+. The fourth-order valence-electron chi connectivity index (χ4n) is 7.30. The molecule has 1 aliphatic rings. The van der Waals surface area contributed by atoms with Crippen LogP contribution in [0, 0.1) is 5.41 Å². The van der Waals surface area contributed by atoms with E-state index in [1.165, 1.54) is 50.1 Å². The molecular formula is C49H52N2. The predicted octanol–water partition coefficient (Wildman–Crippen LogP) is 12.3. The number of hydrogen-bond acceptors (Lipinski definition) is 2. The largest absolute Gasteiger partial charge is 0.335 e. The zero-order chi connectivity index (χ0) is 35.8. The minimum atomic E-state index is 0.0896. The first-order chi connectivity index (χ1) is 24.7. The molecule has 0 fully saturated rings. The molecule has 0 radical (unpaired) electrons. The van der Waals surface area contributed by atoms with Crippen molar-refractivity contribution in [2.45, 2.75) is 65.5 Å². The highest BCUT2D eigenvalue weighted by atomic mass is 15.2. The average Bonchev–Trinajstić information content (AvgIpc) is 3.50. The number of nitrogens with zero attached hydrogens (tertiary/aromatic N) is 1. The van der Waals surface area contributed by atoms with Crippen LogP contribution in [-0.4, -0.2) is 12.1 Å². The molecule has 0 bridgehead atoms. The fourth-order valence-corrected chi connectivity index (χ4v) is 7.30. The maximum Gasteiger partial charge on any atom is 0.0497 e. The minimum absolute atomic E-state index is 0.0896. The van der Waals surface area contributed by atoms with Gasteiger partial charge in [0.25, 0.3) is 0 Å². The number of benzene rings is 5. The number of nitrogens with two attached hydrogens (primary N) is 1. The van der Waals surface area contributed by atoms with Gasteiger partial charge < -0.3 is 10.6 Å². The van der Waals surface area contributed by atoms with Crippen LogP contribution in [0.15, 0.2) is 164 Å². The third-order valence-corrected chi connectivity index (χ3v) is 10.2. The van der Waals surface area contributed by atoms with Crippen molar-refractivity contribution < 1.29 is 0 Å². The smallest absolute Gasteiger partial charge is 0.0497 e. The highest BCUT2D eigenvalue weighted by Gasteiger charge is 2.30. The van der Waals surface area contributed by atoms with Gasteiger partial charge in [-0.15, -0.1) is 0 Å². The van der Waals surface area contributed by atoms with Crippen molar-refractivity contribution >= 4 is 16.9 Å². The van der Waals surface area contributed by atoms with E-state index in [1.807, 2.05) is 12.2 Å². The lowest BCUT2D eigenvalue weighted by Crippen LogP contribution is -2.26. The predicted molar refractivity (Wildman–Crippen MR) is 221 cm³/mol. The van der Waals surface area contributed by atoms with Gasteiger partial charge in [0.15, 0.2) is 0 Å². The molecule has 0 saturated heterocycles. The Morgan fingerprint density at radius 3 is 2.00 bits per heavy atom. The van der Waals surface area contributed by atoms with E-state index >= 15 is 0 Å². The molecule has 6 rings (SSSR count). The molecule has 51 heavy (non-hydrogen) atoms. The topological polar surface area (TPSA) is 29.3 Å². The lowest BCUT2D eigenvalue weighted by molar-refractivity contribution is 0.458. The third kappa shape index (κ3) is 8.77. The Morgan fingerprint density at radius 1 is 0.765 bits per heavy atom. The van der Waals surface area contributed by atoms with E-state index in [9.17, 15) is 0 Å². The van der Waals surface area contributed by atoms with Crippen molar-refractivity contribution in [1.82, 2.24) is 0 Å². The van der Waals surface area contributed by atoms with E-state index < -0.39 is 0 Å². The summed E-state index contributed by atoms with van der Waals surface area (Å²) >= 11 is 0. The van der Waals surface area contributed by atoms with Gasteiger partial charge in [-0.05, 0) is 126 Å². The highest BCUT2D eigenvalue weighted by Crippen LogP contribution is 2.40. The summed E-state index contributed by atoms with van der Waals surface area (Å²) in [5, 5.41) is 0. The normalized spacial score (nSPS) is 17.1. The molecule has 3 unspecified atom stereocenters. The number of para-hydroxylation sites is 1. The average molecular weight is 669 g/mol. The molecule has 3 atom stereocenters. The third-order valence-electron chi connectivity index (χ3n) is 10.2. The van der Waals surface area contributed by atoms with Gasteiger partial charge in [-0.3, -0.25) is 0 Å². The molecule has 0 aliphatic heterocycles. The lowest BCUT2D eigenvalue weighted by Gasteiger charge is -2.30. The summed E-state index contributed by atoms with van der Waals surface area (Å²) in [6.45, 7) is 12.7. The van der Waals surface area contributed by atoms with Crippen molar-refractivity contribution in [3.05, 3.63) is 187 Å². The second-order valence-corrected chi connectivity index (χ2v) is 14.5. The monoisotopic (exact) mass is 668 g/mol. The van der Waals surface area contributed by atoms with E-state index in [4.69, 9.17) is 5.73 Å². The summed E-state index contributed by atoms with van der Waals surface area (Å²) in [4.78, 5) is 2.35. The Bertz CT molecular complexity index is 1990. The van der Waals surface area contributed by atoms with Crippen LogP contribution in [0.1, 0.15) is 56.4 Å². The molecule has 2 nitrogen and oxygen atoms in total. The summed E-state index contributed by atoms with van der Waals surface area (Å²) in [5.41, 5.74) is 20.1. The van der Waals surface area contributed by atoms with Crippen LogP contribution in [0.5, 0.6) is 0 Å². The first-order valence-electron chi connectivity index (χ1n) is 18.4. The summed E-state index contributed by atoms with van der Waals surface area (Å²) in [6.07, 6.45) is 17.2. The van der Waals surface area contributed by atoms with Crippen molar-refractivity contribution in [2.24, 2.45) is 11.1 Å². The molecular weight excluding hydrogens is 617 g/mol. The van der Waals surface area contributed by atoms with Crippen LogP contribution in [0.4, 0.5) is 11.4 Å². The van der Waals surface area contributed by atoms with Crippen molar-refractivity contribution in [2.75, 3.05) is 4.90 Å². The van der Waals surface area contributed by atoms with Gasteiger partial charge in [0, 0.05) is 23.5 Å². The van der Waals surface area contributed by atoms with Gasteiger partial charge in [0.1, 0.15) is 0 Å². The highest BCUT2D eigenvalue weighted by molar-refractivity contribution is 5.77. The Hall–Kier alpha value is -5.18. The molecule has 5 aromatic rings. The summed E-state index contributed by atoms with van der Waals surface area (Å²) in [7, 11) is 0. The molecule has 0 saturated carbocycles. The van der Waals surface area contributed by atoms with E-state index in [0.29, 0.717) is 0 Å². The molecule has 2 N–H and O–H groups in total. The molecule has 258 valence electrons. The van der Waals surface area contributed by atoms with Crippen LogP contribution < -0.4 is 10.6 Å². The Balaban J connectivity index is 1.12. The summed E-state index contributed by atoms with van der Waals surface area (Å²) < 4.78 is 0. The Morgan fingerprint density at radius 2 is 1.35 bits per heavy atom. The zero-order valence-electron chi connectivity index (χ0n) is 30.7. The van der Waals surface area contributed by atoms with Gasteiger partial charge in [0.05, 0.1) is 0 Å². The number of hydrogen-bond donors (Lipinski definition) is 1. The number of allylic oxidation sites excluding steroid dienone is 6. The van der Waals surface area contributed by atoms with Gasteiger partial charge in [-0.25, -0.2) is 0 Å².